The van der Waals surface area contributed by atoms with Crippen LogP contribution in [0.25, 0.3) is 0 Å². The number of esters is 1. The summed E-state index contributed by atoms with van der Waals surface area (Å²) in [6, 6.07) is 5.99. The first-order valence-corrected chi connectivity index (χ1v) is 5.79. The molecular weight excluding hydrogens is 226 g/mol. The summed E-state index contributed by atoms with van der Waals surface area (Å²) < 4.78 is 4.88. The quantitative estimate of drug-likeness (QED) is 0.650. The molecule has 0 saturated carbocycles. The molecule has 0 bridgehead atoms. The van der Waals surface area contributed by atoms with Gasteiger partial charge in [-0.2, -0.15) is 0 Å². The number of benzene rings is 1. The first-order valence-electron chi connectivity index (χ1n) is 5.79. The molecular formula is C15H19NO2. The molecule has 0 aliphatic heterocycles. The first-order chi connectivity index (χ1) is 8.43. The Morgan fingerprint density at radius 3 is 2.39 bits per heavy atom. The largest absolute Gasteiger partial charge is 0.467 e. The van der Waals surface area contributed by atoms with Crippen molar-refractivity contribution in [3.8, 4) is 12.3 Å². The van der Waals surface area contributed by atoms with Crippen molar-refractivity contribution < 1.29 is 9.53 Å². The Hall–Kier alpha value is -1.79. The minimum atomic E-state index is -0.919. The highest BCUT2D eigenvalue weighted by atomic mass is 16.5. The molecule has 0 saturated heterocycles. The predicted molar refractivity (Wildman–Crippen MR) is 72.1 cm³/mol. The zero-order chi connectivity index (χ0) is 13.8. The summed E-state index contributed by atoms with van der Waals surface area (Å²) >= 11 is 0. The first kappa shape index (κ1) is 14.3. The number of nitrogens with one attached hydrogen (secondary N) is 1. The van der Waals surface area contributed by atoms with Crippen LogP contribution in [0, 0.1) is 26.2 Å². The van der Waals surface area contributed by atoms with E-state index >= 15 is 0 Å². The fourth-order valence-electron chi connectivity index (χ4n) is 1.99. The molecule has 1 N–H and O–H groups in total. The van der Waals surface area contributed by atoms with E-state index in [1.54, 1.807) is 6.92 Å². The number of methoxy groups -OCH3 is 1. The second kappa shape index (κ2) is 5.70. The number of hydrogen-bond acceptors (Lipinski definition) is 3. The van der Waals surface area contributed by atoms with Gasteiger partial charge in [0.15, 0.2) is 0 Å². The molecule has 18 heavy (non-hydrogen) atoms. The number of carbonyl (C=O) groups excluding carboxylic acids is 1. The van der Waals surface area contributed by atoms with Crippen LogP contribution in [0.3, 0.4) is 0 Å². The average molecular weight is 245 g/mol. The molecule has 0 aromatic heterocycles. The highest BCUT2D eigenvalue weighted by Crippen LogP contribution is 2.24. The van der Waals surface area contributed by atoms with Gasteiger partial charge in [0.2, 0.25) is 0 Å². The summed E-state index contributed by atoms with van der Waals surface area (Å²) in [7, 11) is 1.38. The molecule has 3 nitrogen and oxygen atoms in total. The van der Waals surface area contributed by atoms with E-state index in [2.05, 4.69) is 17.3 Å². The van der Waals surface area contributed by atoms with E-state index in [-0.39, 0.29) is 5.97 Å². The topological polar surface area (TPSA) is 38.3 Å². The minimum absolute atomic E-state index is 0.304. The Labute approximate surface area is 109 Å². The molecule has 1 aromatic carbocycles. The van der Waals surface area contributed by atoms with Crippen molar-refractivity contribution >= 4 is 5.97 Å². The van der Waals surface area contributed by atoms with Crippen LogP contribution < -0.4 is 5.32 Å². The molecule has 96 valence electrons. The van der Waals surface area contributed by atoms with Crippen molar-refractivity contribution in [1.82, 2.24) is 5.32 Å². The molecule has 0 spiro atoms. The number of aryl methyl sites for hydroxylation is 2. The monoisotopic (exact) mass is 245 g/mol. The normalized spacial score (nSPS) is 13.5. The molecule has 1 rings (SSSR count). The summed E-state index contributed by atoms with van der Waals surface area (Å²) in [5.41, 5.74) is 2.14. The van der Waals surface area contributed by atoms with Gasteiger partial charge in [0.1, 0.15) is 5.54 Å². The third-order valence-electron chi connectivity index (χ3n) is 2.94. The number of hydrogen-bond donors (Lipinski definition) is 1. The lowest BCUT2D eigenvalue weighted by molar-refractivity contribution is -0.148. The number of ether oxygens (including phenoxy) is 1. The molecule has 3 heteroatoms. The van der Waals surface area contributed by atoms with E-state index < -0.39 is 5.54 Å². The average Bonchev–Trinajstić information content (AvgIpc) is 2.33. The maximum absolute atomic E-state index is 12.0. The maximum Gasteiger partial charge on any atom is 0.330 e. The Kier molecular flexibility index (Phi) is 4.52. The van der Waals surface area contributed by atoms with Crippen LogP contribution in [-0.2, 0) is 15.1 Å². The molecule has 1 atom stereocenters. The minimum Gasteiger partial charge on any atom is -0.467 e. The van der Waals surface area contributed by atoms with Crippen LogP contribution in [0.1, 0.15) is 23.6 Å². The Bertz CT molecular complexity index is 468. The lowest BCUT2D eigenvalue weighted by atomic mass is 9.89. The Morgan fingerprint density at radius 2 is 1.94 bits per heavy atom. The molecule has 0 aliphatic carbocycles. The van der Waals surface area contributed by atoms with Gasteiger partial charge in [-0.1, -0.05) is 35.2 Å². The lowest BCUT2D eigenvalue weighted by Crippen LogP contribution is -2.47. The van der Waals surface area contributed by atoms with Crippen molar-refractivity contribution in [2.24, 2.45) is 0 Å². The van der Waals surface area contributed by atoms with E-state index in [1.165, 1.54) is 7.11 Å². The van der Waals surface area contributed by atoms with Crippen LogP contribution in [0.5, 0.6) is 0 Å². The van der Waals surface area contributed by atoms with Gasteiger partial charge < -0.3 is 4.74 Å². The van der Waals surface area contributed by atoms with Gasteiger partial charge in [0.25, 0.3) is 0 Å². The van der Waals surface area contributed by atoms with Gasteiger partial charge in [0.05, 0.1) is 13.7 Å². The number of terminal acetylenes is 1. The summed E-state index contributed by atoms with van der Waals surface area (Å²) in [5.74, 6) is 2.14. The lowest BCUT2D eigenvalue weighted by Gasteiger charge is -2.28. The molecule has 0 amide bonds. The van der Waals surface area contributed by atoms with E-state index in [4.69, 9.17) is 11.2 Å². The van der Waals surface area contributed by atoms with Crippen LogP contribution in [0.4, 0.5) is 0 Å². The second-order valence-electron chi connectivity index (χ2n) is 4.55. The van der Waals surface area contributed by atoms with Gasteiger partial charge in [0, 0.05) is 0 Å². The van der Waals surface area contributed by atoms with Gasteiger partial charge in [-0.3, -0.25) is 5.32 Å². The third-order valence-corrected chi connectivity index (χ3v) is 2.94. The molecule has 0 radical (unpaired) electrons. The van der Waals surface area contributed by atoms with Crippen molar-refractivity contribution in [2.45, 2.75) is 26.3 Å². The zero-order valence-corrected chi connectivity index (χ0v) is 11.3. The third kappa shape index (κ3) is 2.91. The van der Waals surface area contributed by atoms with Crippen molar-refractivity contribution in [1.29, 1.82) is 0 Å². The van der Waals surface area contributed by atoms with Gasteiger partial charge in [-0.05, 0) is 26.3 Å². The Balaban J connectivity index is 3.25. The highest BCUT2D eigenvalue weighted by molar-refractivity contribution is 5.82. The fourth-order valence-corrected chi connectivity index (χ4v) is 1.99. The van der Waals surface area contributed by atoms with Gasteiger partial charge in [-0.15, -0.1) is 6.42 Å². The molecule has 0 heterocycles. The standard InChI is InChI=1S/C15H19NO2/c1-6-7-16-15(4,14(17)18-5)13-9-11(2)8-12(3)10-13/h1,8-10,16H,7H2,2-5H3. The SMILES string of the molecule is C#CCNC(C)(C(=O)OC)c1cc(C)cc(C)c1. The van der Waals surface area contributed by atoms with Crippen molar-refractivity contribution in [3.05, 3.63) is 34.9 Å². The molecule has 1 unspecified atom stereocenters. The van der Waals surface area contributed by atoms with E-state index in [0.29, 0.717) is 6.54 Å². The number of rotatable bonds is 4. The molecule has 1 aromatic rings. The summed E-state index contributed by atoms with van der Waals surface area (Å²) in [5, 5.41) is 3.06. The Morgan fingerprint density at radius 1 is 1.39 bits per heavy atom. The molecule has 0 fully saturated rings. The highest BCUT2D eigenvalue weighted by Gasteiger charge is 2.35. The van der Waals surface area contributed by atoms with Crippen LogP contribution in [0.2, 0.25) is 0 Å². The smallest absolute Gasteiger partial charge is 0.330 e. The maximum atomic E-state index is 12.0. The van der Waals surface area contributed by atoms with Crippen LogP contribution in [0.15, 0.2) is 18.2 Å². The summed E-state index contributed by atoms with van der Waals surface area (Å²) in [4.78, 5) is 12.0. The summed E-state index contributed by atoms with van der Waals surface area (Å²) in [6.07, 6.45) is 5.25. The van der Waals surface area contributed by atoms with Crippen molar-refractivity contribution in [3.63, 3.8) is 0 Å². The predicted octanol–water partition coefficient (Wildman–Crippen LogP) is 1.91. The summed E-state index contributed by atoms with van der Waals surface area (Å²) in [6.45, 7) is 6.08. The number of carbonyl (C=O) groups is 1. The van der Waals surface area contributed by atoms with E-state index in [1.807, 2.05) is 26.0 Å². The van der Waals surface area contributed by atoms with Crippen LogP contribution >= 0.6 is 0 Å². The van der Waals surface area contributed by atoms with Gasteiger partial charge in [-0.25, -0.2) is 4.79 Å². The van der Waals surface area contributed by atoms with Crippen LogP contribution in [-0.4, -0.2) is 19.6 Å². The molecule has 0 aliphatic rings. The van der Waals surface area contributed by atoms with Gasteiger partial charge >= 0.3 is 5.97 Å². The second-order valence-corrected chi connectivity index (χ2v) is 4.55. The fraction of sp³-hybridized carbons (Fsp3) is 0.400. The zero-order valence-electron chi connectivity index (χ0n) is 11.3. The van der Waals surface area contributed by atoms with E-state index in [0.717, 1.165) is 16.7 Å². The van der Waals surface area contributed by atoms with Crippen molar-refractivity contribution in [2.75, 3.05) is 13.7 Å². The van der Waals surface area contributed by atoms with E-state index in [9.17, 15) is 4.79 Å².